The van der Waals surface area contributed by atoms with Crippen LogP contribution in [0.15, 0.2) is 83.7 Å². The number of piperazine rings is 1. The van der Waals surface area contributed by atoms with Crippen LogP contribution in [-0.2, 0) is 17.8 Å². The van der Waals surface area contributed by atoms with Crippen LogP contribution in [0.1, 0.15) is 17.5 Å². The summed E-state index contributed by atoms with van der Waals surface area (Å²) in [6, 6.07) is 25.5. The maximum absolute atomic E-state index is 13.6. The Bertz CT molecular complexity index is 1410. The molecule has 3 aromatic carbocycles. The van der Waals surface area contributed by atoms with Gasteiger partial charge in [-0.05, 0) is 35.7 Å². The molecule has 0 spiro atoms. The van der Waals surface area contributed by atoms with Crippen molar-refractivity contribution in [3.8, 4) is 5.75 Å². The summed E-state index contributed by atoms with van der Waals surface area (Å²) in [4.78, 5) is 35.1. The second-order valence-corrected chi connectivity index (χ2v) is 8.98. The van der Waals surface area contributed by atoms with E-state index >= 15 is 0 Å². The molecule has 0 aliphatic carbocycles. The third kappa shape index (κ3) is 4.96. The van der Waals surface area contributed by atoms with Crippen molar-refractivity contribution in [1.82, 2.24) is 14.5 Å². The number of methoxy groups -OCH3 is 1. The summed E-state index contributed by atoms with van der Waals surface area (Å²) < 4.78 is 7.21. The van der Waals surface area contributed by atoms with Gasteiger partial charge in [0.25, 0.3) is 5.56 Å². The fourth-order valence-electron chi connectivity index (χ4n) is 4.78. The van der Waals surface area contributed by atoms with Gasteiger partial charge < -0.3 is 14.5 Å². The first-order chi connectivity index (χ1) is 17.6. The molecule has 1 aromatic heterocycles. The number of para-hydroxylation sites is 3. The minimum absolute atomic E-state index is 0.103. The van der Waals surface area contributed by atoms with Gasteiger partial charge in [0, 0.05) is 32.6 Å². The zero-order chi connectivity index (χ0) is 24.9. The summed E-state index contributed by atoms with van der Waals surface area (Å²) >= 11 is 0. The Morgan fingerprint density at radius 2 is 1.58 bits per heavy atom. The van der Waals surface area contributed by atoms with Crippen molar-refractivity contribution < 1.29 is 9.53 Å². The SMILES string of the molecule is COc1ccccc1CCC(=O)N1CCN(c2nc3ccccc3n(Cc3ccccc3)c2=O)CC1. The molecule has 0 unspecified atom stereocenters. The van der Waals surface area contributed by atoms with Crippen LogP contribution in [0.25, 0.3) is 11.0 Å². The summed E-state index contributed by atoms with van der Waals surface area (Å²) in [5.41, 5.74) is 3.60. The number of benzene rings is 3. The topological polar surface area (TPSA) is 67.7 Å². The highest BCUT2D eigenvalue weighted by Gasteiger charge is 2.25. The van der Waals surface area contributed by atoms with Crippen molar-refractivity contribution in [1.29, 1.82) is 0 Å². The van der Waals surface area contributed by atoms with Gasteiger partial charge >= 0.3 is 0 Å². The maximum Gasteiger partial charge on any atom is 0.294 e. The molecule has 36 heavy (non-hydrogen) atoms. The van der Waals surface area contributed by atoms with Crippen molar-refractivity contribution in [2.24, 2.45) is 0 Å². The molecule has 1 saturated heterocycles. The molecule has 0 atom stereocenters. The van der Waals surface area contributed by atoms with Gasteiger partial charge in [-0.15, -0.1) is 0 Å². The van der Waals surface area contributed by atoms with Gasteiger partial charge in [-0.2, -0.15) is 0 Å². The van der Waals surface area contributed by atoms with Crippen LogP contribution >= 0.6 is 0 Å². The van der Waals surface area contributed by atoms with Gasteiger partial charge in [0.15, 0.2) is 5.82 Å². The fraction of sp³-hybridized carbons (Fsp3) is 0.276. The lowest BCUT2D eigenvalue weighted by Crippen LogP contribution is -2.50. The van der Waals surface area contributed by atoms with E-state index in [1.54, 1.807) is 11.7 Å². The zero-order valence-electron chi connectivity index (χ0n) is 20.5. The second-order valence-electron chi connectivity index (χ2n) is 8.98. The van der Waals surface area contributed by atoms with E-state index in [-0.39, 0.29) is 11.5 Å². The Hall–Kier alpha value is -4.13. The predicted octanol–water partition coefficient (Wildman–Crippen LogP) is 3.73. The van der Waals surface area contributed by atoms with Gasteiger partial charge in [0.1, 0.15) is 5.75 Å². The highest BCUT2D eigenvalue weighted by molar-refractivity contribution is 5.78. The number of fused-ring (bicyclic) bond motifs is 1. The summed E-state index contributed by atoms with van der Waals surface area (Å²) in [5, 5.41) is 0. The Balaban J connectivity index is 1.30. The van der Waals surface area contributed by atoms with Gasteiger partial charge in [-0.1, -0.05) is 60.7 Å². The molecule has 0 radical (unpaired) electrons. The van der Waals surface area contributed by atoms with E-state index in [1.165, 1.54) is 0 Å². The summed E-state index contributed by atoms with van der Waals surface area (Å²) in [7, 11) is 1.65. The number of aromatic nitrogens is 2. The molecule has 1 aliphatic heterocycles. The van der Waals surface area contributed by atoms with Gasteiger partial charge in [0.2, 0.25) is 5.91 Å². The molecule has 0 bridgehead atoms. The first-order valence-electron chi connectivity index (χ1n) is 12.3. The number of anilines is 1. The molecular formula is C29H30N4O3. The predicted molar refractivity (Wildman–Crippen MR) is 142 cm³/mol. The van der Waals surface area contributed by atoms with E-state index in [0.29, 0.717) is 51.4 Å². The van der Waals surface area contributed by atoms with Gasteiger partial charge in [-0.25, -0.2) is 4.98 Å². The summed E-state index contributed by atoms with van der Waals surface area (Å²) in [6.45, 7) is 2.77. The number of nitrogens with zero attached hydrogens (tertiary/aromatic N) is 4. The Morgan fingerprint density at radius 3 is 2.36 bits per heavy atom. The highest BCUT2D eigenvalue weighted by Crippen LogP contribution is 2.20. The van der Waals surface area contributed by atoms with Gasteiger partial charge in [0.05, 0.1) is 24.7 Å². The van der Waals surface area contributed by atoms with Crippen LogP contribution in [0, 0.1) is 0 Å². The summed E-state index contributed by atoms with van der Waals surface area (Å²) in [5.74, 6) is 1.38. The molecule has 1 aliphatic rings. The molecular weight excluding hydrogens is 452 g/mol. The molecule has 0 N–H and O–H groups in total. The Labute approximate surface area is 210 Å². The highest BCUT2D eigenvalue weighted by atomic mass is 16.5. The lowest BCUT2D eigenvalue weighted by Gasteiger charge is -2.35. The smallest absolute Gasteiger partial charge is 0.294 e. The second kappa shape index (κ2) is 10.6. The lowest BCUT2D eigenvalue weighted by atomic mass is 10.1. The normalized spacial score (nSPS) is 13.7. The number of carbonyl (C=O) groups is 1. The van der Waals surface area contributed by atoms with Crippen molar-refractivity contribution in [3.63, 3.8) is 0 Å². The van der Waals surface area contributed by atoms with Crippen LogP contribution in [0.4, 0.5) is 5.82 Å². The van der Waals surface area contributed by atoms with E-state index < -0.39 is 0 Å². The molecule has 0 saturated carbocycles. The third-order valence-electron chi connectivity index (χ3n) is 6.75. The monoisotopic (exact) mass is 482 g/mol. The number of hydrogen-bond acceptors (Lipinski definition) is 5. The molecule has 184 valence electrons. The standard InChI is InChI=1S/C29H30N4O3/c1-36-26-14-8-5-11-23(26)15-16-27(34)31-17-19-32(20-18-31)28-29(35)33(21-22-9-3-2-4-10-22)25-13-7-6-12-24(25)30-28/h2-14H,15-21H2,1H3. The van der Waals surface area contributed by atoms with E-state index in [1.807, 2.05) is 88.7 Å². The fourth-order valence-corrected chi connectivity index (χ4v) is 4.78. The van der Waals surface area contributed by atoms with E-state index in [2.05, 4.69) is 0 Å². The van der Waals surface area contributed by atoms with E-state index in [9.17, 15) is 9.59 Å². The molecule has 7 heteroatoms. The quantitative estimate of drug-likeness (QED) is 0.402. The average Bonchev–Trinajstić information content (AvgIpc) is 2.94. The van der Waals surface area contributed by atoms with E-state index in [0.717, 1.165) is 27.9 Å². The first kappa shape index (κ1) is 23.6. The number of hydrogen-bond donors (Lipinski definition) is 0. The average molecular weight is 483 g/mol. The van der Waals surface area contributed by atoms with Crippen LogP contribution in [-0.4, -0.2) is 53.6 Å². The van der Waals surface area contributed by atoms with Crippen LogP contribution in [0.5, 0.6) is 5.75 Å². The number of amides is 1. The number of ether oxygens (including phenoxy) is 1. The van der Waals surface area contributed by atoms with Crippen molar-refractivity contribution >= 4 is 22.8 Å². The molecule has 1 fully saturated rings. The van der Waals surface area contributed by atoms with Crippen molar-refractivity contribution in [3.05, 3.63) is 100 Å². The minimum atomic E-state index is -0.103. The largest absolute Gasteiger partial charge is 0.496 e. The molecule has 1 amide bonds. The molecule has 5 rings (SSSR count). The third-order valence-corrected chi connectivity index (χ3v) is 6.75. The van der Waals surface area contributed by atoms with Gasteiger partial charge in [-0.3, -0.25) is 14.2 Å². The molecule has 7 nitrogen and oxygen atoms in total. The molecule has 2 heterocycles. The van der Waals surface area contributed by atoms with Crippen LogP contribution < -0.4 is 15.2 Å². The number of aryl methyl sites for hydroxylation is 1. The van der Waals surface area contributed by atoms with Crippen LogP contribution in [0.2, 0.25) is 0 Å². The number of carbonyl (C=O) groups excluding carboxylic acids is 1. The number of rotatable bonds is 7. The Kier molecular flexibility index (Phi) is 6.98. The van der Waals surface area contributed by atoms with Crippen molar-refractivity contribution in [2.45, 2.75) is 19.4 Å². The lowest BCUT2D eigenvalue weighted by molar-refractivity contribution is -0.131. The summed E-state index contributed by atoms with van der Waals surface area (Å²) in [6.07, 6.45) is 1.07. The van der Waals surface area contributed by atoms with Crippen LogP contribution in [0.3, 0.4) is 0 Å². The Morgan fingerprint density at radius 1 is 0.889 bits per heavy atom. The maximum atomic E-state index is 13.6. The van der Waals surface area contributed by atoms with E-state index in [4.69, 9.17) is 9.72 Å². The zero-order valence-corrected chi connectivity index (χ0v) is 20.5. The molecule has 4 aromatic rings. The van der Waals surface area contributed by atoms with Crippen molar-refractivity contribution in [2.75, 3.05) is 38.2 Å². The minimum Gasteiger partial charge on any atom is -0.496 e. The first-order valence-corrected chi connectivity index (χ1v) is 12.3.